The van der Waals surface area contributed by atoms with E-state index in [0.29, 0.717) is 28.1 Å². The number of hydrogen-bond acceptors (Lipinski definition) is 6. The number of amides is 2. The van der Waals surface area contributed by atoms with Crippen LogP contribution >= 0.6 is 11.3 Å². The average Bonchev–Trinajstić information content (AvgIpc) is 3.49. The van der Waals surface area contributed by atoms with Crippen molar-refractivity contribution in [3.05, 3.63) is 61.3 Å². The first-order valence-electron chi connectivity index (χ1n) is 11.3. The van der Waals surface area contributed by atoms with Gasteiger partial charge in [-0.2, -0.15) is 0 Å². The lowest BCUT2D eigenvalue weighted by atomic mass is 10.1. The Morgan fingerprint density at radius 1 is 1.12 bits per heavy atom. The summed E-state index contributed by atoms with van der Waals surface area (Å²) in [5.41, 5.74) is 3.40. The van der Waals surface area contributed by atoms with Crippen LogP contribution in [0.4, 0.5) is 5.00 Å². The van der Waals surface area contributed by atoms with E-state index in [0.717, 1.165) is 60.3 Å². The van der Waals surface area contributed by atoms with Gasteiger partial charge in [-0.1, -0.05) is 6.07 Å². The number of aryl methyl sites for hydroxylation is 3. The van der Waals surface area contributed by atoms with Crippen molar-refractivity contribution in [1.82, 2.24) is 5.32 Å². The first-order chi connectivity index (χ1) is 15.9. The summed E-state index contributed by atoms with van der Waals surface area (Å²) in [5, 5.41) is 6.79. The average molecular weight is 467 g/mol. The van der Waals surface area contributed by atoms with E-state index in [1.54, 1.807) is 6.07 Å². The van der Waals surface area contributed by atoms with E-state index >= 15 is 0 Å². The molecule has 1 aromatic carbocycles. The van der Waals surface area contributed by atoms with E-state index < -0.39 is 5.91 Å². The molecule has 1 saturated heterocycles. The summed E-state index contributed by atoms with van der Waals surface area (Å²) >= 11 is 1.43. The van der Waals surface area contributed by atoms with Crippen molar-refractivity contribution in [2.45, 2.75) is 52.1 Å². The number of thiophene rings is 1. The minimum atomic E-state index is -0.541. The van der Waals surface area contributed by atoms with Crippen LogP contribution in [-0.4, -0.2) is 31.1 Å². The van der Waals surface area contributed by atoms with Crippen LogP contribution in [0.1, 0.15) is 61.7 Å². The number of carbonyl (C=O) groups excluding carboxylic acids is 2. The Balaban J connectivity index is 1.43. The van der Waals surface area contributed by atoms with E-state index in [1.165, 1.54) is 17.4 Å². The van der Waals surface area contributed by atoms with Crippen molar-refractivity contribution in [2.75, 3.05) is 18.5 Å². The lowest BCUT2D eigenvalue weighted by Crippen LogP contribution is -2.32. The number of fused-ring (bicyclic) bond motifs is 2. The van der Waals surface area contributed by atoms with Crippen LogP contribution in [0.3, 0.4) is 0 Å². The number of anilines is 1. The van der Waals surface area contributed by atoms with Crippen molar-refractivity contribution < 1.29 is 18.7 Å². The van der Waals surface area contributed by atoms with Crippen molar-refractivity contribution in [2.24, 2.45) is 0 Å². The quantitative estimate of drug-likeness (QED) is 0.590. The number of hydrogen-bond donors (Lipinski definition) is 2. The van der Waals surface area contributed by atoms with Crippen LogP contribution in [0, 0.1) is 13.8 Å². The Hall–Kier alpha value is -2.97. The molecule has 1 aliphatic heterocycles. The predicted molar refractivity (Wildman–Crippen MR) is 128 cm³/mol. The maximum Gasteiger partial charge on any atom is 0.292 e. The summed E-state index contributed by atoms with van der Waals surface area (Å²) in [4.78, 5) is 39.9. The Labute approximate surface area is 195 Å². The van der Waals surface area contributed by atoms with E-state index in [4.69, 9.17) is 9.15 Å². The second kappa shape index (κ2) is 8.76. The molecular weight excluding hydrogens is 440 g/mol. The molecule has 2 aliphatic rings. The zero-order chi connectivity index (χ0) is 23.1. The molecule has 2 amide bonds. The molecule has 8 heteroatoms. The highest BCUT2D eigenvalue weighted by molar-refractivity contribution is 7.17. The van der Waals surface area contributed by atoms with E-state index in [1.807, 2.05) is 19.9 Å². The van der Waals surface area contributed by atoms with Crippen LogP contribution < -0.4 is 16.1 Å². The molecule has 1 unspecified atom stereocenters. The predicted octanol–water partition coefficient (Wildman–Crippen LogP) is 4.12. The molecule has 3 aromatic rings. The van der Waals surface area contributed by atoms with Crippen molar-refractivity contribution >= 4 is 39.1 Å². The van der Waals surface area contributed by atoms with Crippen LogP contribution in [-0.2, 0) is 17.6 Å². The highest BCUT2D eigenvalue weighted by Gasteiger charge is 2.29. The van der Waals surface area contributed by atoms with Gasteiger partial charge in [0.25, 0.3) is 11.8 Å². The summed E-state index contributed by atoms with van der Waals surface area (Å²) in [6.07, 6.45) is 4.69. The third-order valence-corrected chi connectivity index (χ3v) is 7.49. The number of carbonyl (C=O) groups is 2. The summed E-state index contributed by atoms with van der Waals surface area (Å²) in [5.74, 6) is -0.815. The van der Waals surface area contributed by atoms with E-state index in [9.17, 15) is 14.4 Å². The zero-order valence-corrected chi connectivity index (χ0v) is 19.5. The Morgan fingerprint density at radius 3 is 2.76 bits per heavy atom. The summed E-state index contributed by atoms with van der Waals surface area (Å²) in [6, 6.07) is 4.89. The molecule has 5 rings (SSSR count). The lowest BCUT2D eigenvalue weighted by Gasteiger charge is -2.12. The van der Waals surface area contributed by atoms with Crippen molar-refractivity contribution in [3.63, 3.8) is 0 Å². The van der Waals surface area contributed by atoms with Crippen LogP contribution in [0.15, 0.2) is 27.4 Å². The third-order valence-electron chi connectivity index (χ3n) is 6.29. The monoisotopic (exact) mass is 466 g/mol. The fraction of sp³-hybridized carbons (Fsp3) is 0.400. The molecule has 2 N–H and O–H groups in total. The molecule has 0 radical (unpaired) electrons. The minimum Gasteiger partial charge on any atom is -0.451 e. The van der Waals surface area contributed by atoms with Gasteiger partial charge in [0.15, 0.2) is 11.2 Å². The molecule has 1 aliphatic carbocycles. The molecule has 7 nitrogen and oxygen atoms in total. The van der Waals surface area contributed by atoms with Gasteiger partial charge in [-0.3, -0.25) is 14.4 Å². The Kier molecular flexibility index (Phi) is 5.80. The number of benzene rings is 1. The van der Waals surface area contributed by atoms with Gasteiger partial charge in [0.1, 0.15) is 10.6 Å². The molecule has 1 atom stereocenters. The van der Waals surface area contributed by atoms with Crippen molar-refractivity contribution in [3.8, 4) is 0 Å². The Morgan fingerprint density at radius 2 is 1.97 bits per heavy atom. The first kappa shape index (κ1) is 21.9. The van der Waals surface area contributed by atoms with Gasteiger partial charge in [0.2, 0.25) is 0 Å². The standard InChI is InChI=1S/C25H26N2O5S/c1-13-9-14(2)21-17(28)11-19(32-18(21)10-13)23(29)27-25-22(16-6-3-7-20(16)33-25)24(30)26-12-15-5-4-8-31-15/h9-11,15H,3-8,12H2,1-2H3,(H,26,30)(H,27,29). The maximum absolute atomic E-state index is 13.1. The van der Waals surface area contributed by atoms with Crippen LogP contribution in [0.25, 0.3) is 11.0 Å². The molecule has 33 heavy (non-hydrogen) atoms. The van der Waals surface area contributed by atoms with Gasteiger partial charge >= 0.3 is 0 Å². The topological polar surface area (TPSA) is 97.6 Å². The van der Waals surface area contributed by atoms with E-state index in [-0.39, 0.29) is 23.2 Å². The summed E-state index contributed by atoms with van der Waals surface area (Å²) in [7, 11) is 0. The SMILES string of the molecule is Cc1cc(C)c2c(=O)cc(C(=O)Nc3sc4c(c3C(=O)NCC3CCCO3)CCC4)oc2c1. The molecule has 0 bridgehead atoms. The van der Waals surface area contributed by atoms with Gasteiger partial charge in [0, 0.05) is 24.1 Å². The fourth-order valence-corrected chi connectivity index (χ4v) is 6.06. The van der Waals surface area contributed by atoms with Crippen LogP contribution in [0.2, 0.25) is 0 Å². The third kappa shape index (κ3) is 4.20. The number of ether oxygens (including phenoxy) is 1. The van der Waals surface area contributed by atoms with Crippen LogP contribution in [0.5, 0.6) is 0 Å². The molecule has 2 aromatic heterocycles. The molecule has 3 heterocycles. The maximum atomic E-state index is 13.1. The van der Waals surface area contributed by atoms with Gasteiger partial charge in [-0.15, -0.1) is 11.3 Å². The van der Waals surface area contributed by atoms with E-state index in [2.05, 4.69) is 10.6 Å². The smallest absolute Gasteiger partial charge is 0.292 e. The highest BCUT2D eigenvalue weighted by Crippen LogP contribution is 2.39. The Bertz CT molecular complexity index is 1320. The van der Waals surface area contributed by atoms with Gasteiger partial charge in [-0.05, 0) is 68.7 Å². The summed E-state index contributed by atoms with van der Waals surface area (Å²) in [6.45, 7) is 4.94. The normalized spacial score (nSPS) is 17.3. The number of rotatable bonds is 5. The summed E-state index contributed by atoms with van der Waals surface area (Å²) < 4.78 is 11.4. The lowest BCUT2D eigenvalue weighted by molar-refractivity contribution is 0.0858. The van der Waals surface area contributed by atoms with Gasteiger partial charge in [-0.25, -0.2) is 0 Å². The second-order valence-corrected chi connectivity index (χ2v) is 9.90. The minimum absolute atomic E-state index is 0.0393. The molecule has 0 spiro atoms. The first-order valence-corrected chi connectivity index (χ1v) is 12.1. The zero-order valence-electron chi connectivity index (χ0n) is 18.7. The van der Waals surface area contributed by atoms with Gasteiger partial charge < -0.3 is 19.8 Å². The molecule has 172 valence electrons. The molecule has 1 fully saturated rings. The van der Waals surface area contributed by atoms with Gasteiger partial charge in [0.05, 0.1) is 17.1 Å². The van der Waals surface area contributed by atoms with Crippen molar-refractivity contribution in [1.29, 1.82) is 0 Å². The molecule has 0 saturated carbocycles. The fourth-order valence-electron chi connectivity index (χ4n) is 4.77. The number of nitrogens with one attached hydrogen (secondary N) is 2. The second-order valence-electron chi connectivity index (χ2n) is 8.79. The highest BCUT2D eigenvalue weighted by atomic mass is 32.1. The largest absolute Gasteiger partial charge is 0.451 e. The molecular formula is C25H26N2O5S.